The van der Waals surface area contributed by atoms with Gasteiger partial charge in [-0.25, -0.2) is 0 Å². The van der Waals surface area contributed by atoms with Crippen molar-refractivity contribution in [3.05, 3.63) is 28.8 Å². The zero-order valence-corrected chi connectivity index (χ0v) is 15.4. The number of hydrogen-bond donors (Lipinski definition) is 3. The van der Waals surface area contributed by atoms with Gasteiger partial charge in [-0.05, 0) is 44.4 Å². The second-order valence-electron chi connectivity index (χ2n) is 6.73. The molecule has 3 N–H and O–H groups in total. The van der Waals surface area contributed by atoms with E-state index in [4.69, 9.17) is 11.6 Å². The van der Waals surface area contributed by atoms with Crippen LogP contribution < -0.4 is 16.0 Å². The summed E-state index contributed by atoms with van der Waals surface area (Å²) in [6.07, 6.45) is 1.06. The predicted molar refractivity (Wildman–Crippen MR) is 97.6 cm³/mol. The van der Waals surface area contributed by atoms with Gasteiger partial charge in [0.25, 0.3) is 5.91 Å². The molecule has 0 aromatic heterocycles. The van der Waals surface area contributed by atoms with Crippen LogP contribution in [0.2, 0.25) is 5.02 Å². The Morgan fingerprint density at radius 2 is 1.96 bits per heavy atom. The van der Waals surface area contributed by atoms with E-state index in [0.29, 0.717) is 22.2 Å². The number of benzene rings is 1. The van der Waals surface area contributed by atoms with Crippen LogP contribution in [0.25, 0.3) is 0 Å². The zero-order valence-electron chi connectivity index (χ0n) is 14.7. The molecule has 2 rings (SSSR count). The molecule has 2 atom stereocenters. The Labute approximate surface area is 152 Å². The average molecular weight is 366 g/mol. The van der Waals surface area contributed by atoms with Gasteiger partial charge in [0.2, 0.25) is 11.8 Å². The molecular formula is C18H24ClN3O3. The highest BCUT2D eigenvalue weighted by Gasteiger charge is 2.38. The molecule has 0 aliphatic heterocycles. The van der Waals surface area contributed by atoms with Gasteiger partial charge >= 0.3 is 0 Å². The minimum absolute atomic E-state index is 0.00527. The summed E-state index contributed by atoms with van der Waals surface area (Å²) >= 11 is 6.08. The maximum Gasteiger partial charge on any atom is 0.251 e. The van der Waals surface area contributed by atoms with E-state index >= 15 is 0 Å². The van der Waals surface area contributed by atoms with Crippen LogP contribution in [0.1, 0.15) is 44.0 Å². The van der Waals surface area contributed by atoms with Gasteiger partial charge in [0.15, 0.2) is 0 Å². The van der Waals surface area contributed by atoms with Gasteiger partial charge in [-0.15, -0.1) is 0 Å². The average Bonchev–Trinajstić information content (AvgIpc) is 3.25. The van der Waals surface area contributed by atoms with Gasteiger partial charge in [0, 0.05) is 30.5 Å². The molecule has 0 bridgehead atoms. The van der Waals surface area contributed by atoms with Crippen molar-refractivity contribution < 1.29 is 14.4 Å². The second kappa shape index (κ2) is 8.34. The summed E-state index contributed by atoms with van der Waals surface area (Å²) in [6.45, 7) is 6.04. The maximum absolute atomic E-state index is 12.0. The van der Waals surface area contributed by atoms with Crippen molar-refractivity contribution in [2.24, 2.45) is 11.8 Å². The van der Waals surface area contributed by atoms with Crippen molar-refractivity contribution in [2.75, 3.05) is 11.9 Å². The van der Waals surface area contributed by atoms with E-state index in [2.05, 4.69) is 16.0 Å². The molecule has 0 heterocycles. The molecule has 1 aliphatic rings. The SMILES string of the molecule is CC(C)NC(=O)c1ccc(Cl)c(NC(=O)CCNC(=O)C2CC2C)c1. The molecule has 0 radical (unpaired) electrons. The third-order valence-corrected chi connectivity index (χ3v) is 4.35. The predicted octanol–water partition coefficient (Wildman–Crippen LogP) is 2.58. The van der Waals surface area contributed by atoms with Gasteiger partial charge in [-0.3, -0.25) is 14.4 Å². The maximum atomic E-state index is 12.0. The van der Waals surface area contributed by atoms with Gasteiger partial charge in [0.1, 0.15) is 0 Å². The quantitative estimate of drug-likeness (QED) is 0.694. The van der Waals surface area contributed by atoms with Gasteiger partial charge in [0.05, 0.1) is 10.7 Å². The molecule has 25 heavy (non-hydrogen) atoms. The highest BCUT2D eigenvalue weighted by atomic mass is 35.5. The number of halogens is 1. The number of carbonyl (C=O) groups is 3. The van der Waals surface area contributed by atoms with Crippen LogP contribution in [-0.2, 0) is 9.59 Å². The first-order valence-electron chi connectivity index (χ1n) is 8.46. The molecule has 0 saturated heterocycles. The lowest BCUT2D eigenvalue weighted by atomic mass is 10.1. The Hall–Kier alpha value is -2.08. The molecular weight excluding hydrogens is 342 g/mol. The molecule has 7 heteroatoms. The summed E-state index contributed by atoms with van der Waals surface area (Å²) in [5.74, 6) is 0.0344. The van der Waals surface area contributed by atoms with E-state index in [-0.39, 0.29) is 42.6 Å². The number of hydrogen-bond acceptors (Lipinski definition) is 3. The van der Waals surface area contributed by atoms with E-state index in [1.807, 2.05) is 20.8 Å². The van der Waals surface area contributed by atoms with Crippen molar-refractivity contribution in [1.82, 2.24) is 10.6 Å². The number of amides is 3. The fraction of sp³-hybridized carbons (Fsp3) is 0.500. The van der Waals surface area contributed by atoms with Crippen molar-refractivity contribution >= 4 is 35.0 Å². The molecule has 1 aliphatic carbocycles. The summed E-state index contributed by atoms with van der Waals surface area (Å²) in [5.41, 5.74) is 0.801. The van der Waals surface area contributed by atoms with Crippen LogP contribution in [0, 0.1) is 11.8 Å². The number of anilines is 1. The highest BCUT2D eigenvalue weighted by Crippen LogP contribution is 2.37. The molecule has 2 unspecified atom stereocenters. The monoisotopic (exact) mass is 365 g/mol. The number of nitrogens with one attached hydrogen (secondary N) is 3. The Morgan fingerprint density at radius 1 is 1.28 bits per heavy atom. The smallest absolute Gasteiger partial charge is 0.251 e. The normalized spacial score (nSPS) is 18.6. The van der Waals surface area contributed by atoms with Crippen LogP contribution >= 0.6 is 11.6 Å². The zero-order chi connectivity index (χ0) is 18.6. The first-order valence-corrected chi connectivity index (χ1v) is 8.83. The molecule has 1 aromatic rings. The molecule has 0 spiro atoms. The van der Waals surface area contributed by atoms with Crippen molar-refractivity contribution in [3.8, 4) is 0 Å². The van der Waals surface area contributed by atoms with Crippen LogP contribution in [0.5, 0.6) is 0 Å². The van der Waals surface area contributed by atoms with Crippen LogP contribution in [0.3, 0.4) is 0 Å². The minimum atomic E-state index is -0.271. The highest BCUT2D eigenvalue weighted by molar-refractivity contribution is 6.33. The Balaban J connectivity index is 1.86. The molecule has 1 saturated carbocycles. The summed E-state index contributed by atoms with van der Waals surface area (Å²) in [6, 6.07) is 4.73. The Kier molecular flexibility index (Phi) is 6.42. The number of carbonyl (C=O) groups excluding carboxylic acids is 3. The summed E-state index contributed by atoms with van der Waals surface area (Å²) < 4.78 is 0. The van der Waals surface area contributed by atoms with E-state index in [1.54, 1.807) is 18.2 Å². The largest absolute Gasteiger partial charge is 0.355 e. The number of rotatable bonds is 7. The van der Waals surface area contributed by atoms with Crippen molar-refractivity contribution in [2.45, 2.75) is 39.7 Å². The second-order valence-corrected chi connectivity index (χ2v) is 7.14. The van der Waals surface area contributed by atoms with Crippen LogP contribution in [0.15, 0.2) is 18.2 Å². The minimum Gasteiger partial charge on any atom is -0.355 e. The Morgan fingerprint density at radius 3 is 2.56 bits per heavy atom. The standard InChI is InChI=1S/C18H24ClN3O3/c1-10(2)21-17(24)12-4-5-14(19)15(9-12)22-16(23)6-7-20-18(25)13-8-11(13)3/h4-5,9-11,13H,6-8H2,1-3H3,(H,20,25)(H,21,24)(H,22,23). The fourth-order valence-corrected chi connectivity index (χ4v) is 2.60. The third-order valence-electron chi connectivity index (χ3n) is 4.02. The molecule has 3 amide bonds. The topological polar surface area (TPSA) is 87.3 Å². The molecule has 1 aromatic carbocycles. The lowest BCUT2D eigenvalue weighted by Crippen LogP contribution is -2.30. The van der Waals surface area contributed by atoms with Crippen molar-refractivity contribution in [3.63, 3.8) is 0 Å². The summed E-state index contributed by atoms with van der Waals surface area (Å²) in [7, 11) is 0. The van der Waals surface area contributed by atoms with Crippen LogP contribution in [-0.4, -0.2) is 30.3 Å². The van der Waals surface area contributed by atoms with E-state index < -0.39 is 0 Å². The van der Waals surface area contributed by atoms with E-state index in [9.17, 15) is 14.4 Å². The summed E-state index contributed by atoms with van der Waals surface area (Å²) in [4.78, 5) is 35.8. The lowest BCUT2D eigenvalue weighted by Gasteiger charge is -2.12. The molecule has 1 fully saturated rings. The van der Waals surface area contributed by atoms with Gasteiger partial charge in [-0.2, -0.15) is 0 Å². The molecule has 136 valence electrons. The summed E-state index contributed by atoms with van der Waals surface area (Å²) in [5, 5.41) is 8.58. The molecule has 6 nitrogen and oxygen atoms in total. The van der Waals surface area contributed by atoms with Gasteiger partial charge in [-0.1, -0.05) is 18.5 Å². The first-order chi connectivity index (χ1) is 11.8. The van der Waals surface area contributed by atoms with E-state index in [1.165, 1.54) is 0 Å². The first kappa shape index (κ1) is 19.2. The third kappa shape index (κ3) is 5.74. The van der Waals surface area contributed by atoms with Crippen LogP contribution in [0.4, 0.5) is 5.69 Å². The van der Waals surface area contributed by atoms with Crippen molar-refractivity contribution in [1.29, 1.82) is 0 Å². The van der Waals surface area contributed by atoms with E-state index in [0.717, 1.165) is 6.42 Å². The van der Waals surface area contributed by atoms with Gasteiger partial charge < -0.3 is 16.0 Å². The Bertz CT molecular complexity index is 676. The lowest BCUT2D eigenvalue weighted by molar-refractivity contribution is -0.122. The fourth-order valence-electron chi connectivity index (χ4n) is 2.44.